The Morgan fingerprint density at radius 3 is 2.65 bits per heavy atom. The number of fused-ring (bicyclic) bond motifs is 1. The van der Waals surface area contributed by atoms with Crippen molar-refractivity contribution in [1.82, 2.24) is 19.2 Å². The molecule has 8 nitrogen and oxygen atoms in total. The molecule has 0 saturated carbocycles. The molecule has 1 saturated heterocycles. The van der Waals surface area contributed by atoms with Crippen LogP contribution in [0, 0.1) is 13.8 Å². The fourth-order valence-corrected chi connectivity index (χ4v) is 6.31. The number of aromatic nitrogens is 2. The summed E-state index contributed by atoms with van der Waals surface area (Å²) in [7, 11) is 1.97. The molecule has 31 heavy (non-hydrogen) atoms. The highest BCUT2D eigenvalue weighted by Crippen LogP contribution is 2.34. The average Bonchev–Trinajstić information content (AvgIpc) is 3.25. The molecule has 0 unspecified atom stereocenters. The van der Waals surface area contributed by atoms with E-state index in [4.69, 9.17) is 14.7 Å². The highest BCUT2D eigenvalue weighted by molar-refractivity contribution is 7.89. The van der Waals surface area contributed by atoms with E-state index in [0.29, 0.717) is 29.3 Å². The number of sulfonamides is 1. The van der Waals surface area contributed by atoms with Gasteiger partial charge in [-0.05, 0) is 50.6 Å². The van der Waals surface area contributed by atoms with Crippen molar-refractivity contribution in [2.75, 3.05) is 46.2 Å². The second-order valence-corrected chi connectivity index (χ2v) is 10.4. The van der Waals surface area contributed by atoms with Crippen LogP contribution in [0.4, 0.5) is 5.82 Å². The number of nitrogens with one attached hydrogen (secondary N) is 1. The van der Waals surface area contributed by atoms with Gasteiger partial charge in [-0.3, -0.25) is 0 Å². The molecule has 2 aliphatic heterocycles. The molecule has 9 heteroatoms. The lowest BCUT2D eigenvalue weighted by atomic mass is 10.0. The first-order valence-electron chi connectivity index (χ1n) is 10.7. The molecule has 1 atom stereocenters. The predicted molar refractivity (Wildman–Crippen MR) is 120 cm³/mol. The maximum atomic E-state index is 13.4. The number of methoxy groups -OCH3 is 1. The fraction of sp³-hybridized carbons (Fsp3) is 0.545. The Morgan fingerprint density at radius 1 is 1.16 bits per heavy atom. The summed E-state index contributed by atoms with van der Waals surface area (Å²) in [5.74, 6) is 2.29. The number of hydrogen-bond donors (Lipinski definition) is 1. The van der Waals surface area contributed by atoms with Gasteiger partial charge in [0, 0.05) is 51.1 Å². The second kappa shape index (κ2) is 8.37. The lowest BCUT2D eigenvalue weighted by Gasteiger charge is -2.26. The summed E-state index contributed by atoms with van der Waals surface area (Å²) in [6.45, 7) is 6.33. The molecule has 0 spiro atoms. The maximum absolute atomic E-state index is 13.4. The summed E-state index contributed by atoms with van der Waals surface area (Å²) in [5.41, 5.74) is 3.73. The Balaban J connectivity index is 1.61. The summed E-state index contributed by atoms with van der Waals surface area (Å²) in [6.07, 6.45) is 1.60. The molecule has 1 N–H and O–H groups in total. The van der Waals surface area contributed by atoms with Crippen molar-refractivity contribution in [1.29, 1.82) is 0 Å². The summed E-state index contributed by atoms with van der Waals surface area (Å²) >= 11 is 0. The molecule has 4 rings (SSSR count). The van der Waals surface area contributed by atoms with E-state index in [1.807, 2.05) is 20.9 Å². The first-order chi connectivity index (χ1) is 14.7. The molecule has 1 aromatic carbocycles. The van der Waals surface area contributed by atoms with Gasteiger partial charge in [-0.25, -0.2) is 18.4 Å². The Morgan fingerprint density at radius 2 is 1.94 bits per heavy atom. The molecule has 3 heterocycles. The van der Waals surface area contributed by atoms with E-state index in [0.717, 1.165) is 54.4 Å². The van der Waals surface area contributed by atoms with E-state index < -0.39 is 10.0 Å². The maximum Gasteiger partial charge on any atom is 0.243 e. The fourth-order valence-electron chi connectivity index (χ4n) is 4.51. The van der Waals surface area contributed by atoms with Crippen LogP contribution in [0.2, 0.25) is 0 Å². The lowest BCUT2D eigenvalue weighted by Crippen LogP contribution is -2.30. The number of benzene rings is 1. The van der Waals surface area contributed by atoms with Crippen LogP contribution in [-0.2, 0) is 23.0 Å². The van der Waals surface area contributed by atoms with Crippen molar-refractivity contribution in [2.24, 2.45) is 0 Å². The zero-order valence-corrected chi connectivity index (χ0v) is 19.7. The van der Waals surface area contributed by atoms with Crippen molar-refractivity contribution >= 4 is 15.8 Å². The van der Waals surface area contributed by atoms with Gasteiger partial charge in [0.25, 0.3) is 0 Å². The summed E-state index contributed by atoms with van der Waals surface area (Å²) in [6, 6.07) is 3.50. The number of anilines is 1. The predicted octanol–water partition coefficient (Wildman–Crippen LogP) is 2.31. The standard InChI is InChI=1S/C22H31N5O3S/c1-14-11-20(15(2)10-19(14)30-5)31(28,29)27-9-6-16(12-27)21-24-18-7-8-26(4)13-17(18)22(23-3)25-21/h10-11,16H,6-9,12-13H2,1-5H3,(H,23,24,25)/t16-/m1/s1. The number of aryl methyl sites for hydroxylation is 2. The van der Waals surface area contributed by atoms with Crippen LogP contribution in [0.3, 0.4) is 0 Å². The molecule has 0 amide bonds. The van der Waals surface area contributed by atoms with Crippen LogP contribution in [-0.4, -0.2) is 68.4 Å². The average molecular weight is 446 g/mol. The van der Waals surface area contributed by atoms with E-state index in [1.54, 1.807) is 23.5 Å². The summed E-state index contributed by atoms with van der Waals surface area (Å²) in [5, 5.41) is 3.21. The SMILES string of the molecule is CNc1nc([C@@H]2CCN(S(=O)(=O)c3cc(C)c(OC)cc3C)C2)nc2c1CN(C)CC2. The van der Waals surface area contributed by atoms with Crippen LogP contribution in [0.25, 0.3) is 0 Å². The second-order valence-electron chi connectivity index (χ2n) is 8.53. The number of ether oxygens (including phenoxy) is 1. The van der Waals surface area contributed by atoms with Gasteiger partial charge in [0.1, 0.15) is 17.4 Å². The Bertz CT molecular complexity index is 1090. The molecular weight excluding hydrogens is 414 g/mol. The number of hydrogen-bond acceptors (Lipinski definition) is 7. The van der Waals surface area contributed by atoms with Gasteiger partial charge in [0.15, 0.2) is 0 Å². The van der Waals surface area contributed by atoms with Gasteiger partial charge in [-0.2, -0.15) is 4.31 Å². The van der Waals surface area contributed by atoms with E-state index in [1.165, 1.54) is 0 Å². The molecule has 2 aliphatic rings. The highest BCUT2D eigenvalue weighted by Gasteiger charge is 2.36. The van der Waals surface area contributed by atoms with E-state index >= 15 is 0 Å². The monoisotopic (exact) mass is 445 g/mol. The molecule has 0 bridgehead atoms. The zero-order valence-electron chi connectivity index (χ0n) is 18.9. The minimum Gasteiger partial charge on any atom is -0.496 e. The van der Waals surface area contributed by atoms with Crippen LogP contribution in [0.15, 0.2) is 17.0 Å². The third-order valence-electron chi connectivity index (χ3n) is 6.33. The highest BCUT2D eigenvalue weighted by atomic mass is 32.2. The lowest BCUT2D eigenvalue weighted by molar-refractivity contribution is 0.309. The molecule has 0 radical (unpaired) electrons. The first kappa shape index (κ1) is 22.0. The van der Waals surface area contributed by atoms with Gasteiger partial charge >= 0.3 is 0 Å². The van der Waals surface area contributed by atoms with Crippen LogP contribution < -0.4 is 10.1 Å². The molecular formula is C22H31N5O3S. The Labute approximate surface area is 184 Å². The molecule has 0 aliphatic carbocycles. The first-order valence-corrected chi connectivity index (χ1v) is 12.1. The third-order valence-corrected chi connectivity index (χ3v) is 8.34. The third kappa shape index (κ3) is 4.02. The number of rotatable bonds is 5. The summed E-state index contributed by atoms with van der Waals surface area (Å²) in [4.78, 5) is 12.2. The van der Waals surface area contributed by atoms with Gasteiger partial charge < -0.3 is 15.0 Å². The number of nitrogens with zero attached hydrogens (tertiary/aromatic N) is 4. The van der Waals surface area contributed by atoms with Gasteiger partial charge in [-0.15, -0.1) is 0 Å². The van der Waals surface area contributed by atoms with Gasteiger partial charge in [0.2, 0.25) is 10.0 Å². The van der Waals surface area contributed by atoms with Crippen molar-refractivity contribution in [2.45, 2.75) is 44.0 Å². The van der Waals surface area contributed by atoms with Gasteiger partial charge in [-0.1, -0.05) is 0 Å². The quantitative estimate of drug-likeness (QED) is 0.756. The minimum atomic E-state index is -3.60. The molecule has 2 aromatic rings. The number of likely N-dealkylation sites (N-methyl/N-ethyl adjacent to an activating group) is 1. The normalized spacial score (nSPS) is 20.0. The molecule has 168 valence electrons. The van der Waals surface area contributed by atoms with Crippen molar-refractivity contribution in [3.8, 4) is 5.75 Å². The topological polar surface area (TPSA) is 87.7 Å². The minimum absolute atomic E-state index is 0.00789. The van der Waals surface area contributed by atoms with E-state index in [-0.39, 0.29) is 5.92 Å². The Kier molecular flexibility index (Phi) is 5.93. The largest absolute Gasteiger partial charge is 0.496 e. The van der Waals surface area contributed by atoms with Gasteiger partial charge in [0.05, 0.1) is 17.7 Å². The van der Waals surface area contributed by atoms with E-state index in [2.05, 4.69) is 17.3 Å². The van der Waals surface area contributed by atoms with E-state index in [9.17, 15) is 8.42 Å². The van der Waals surface area contributed by atoms with Crippen molar-refractivity contribution < 1.29 is 13.2 Å². The van der Waals surface area contributed by atoms with Crippen LogP contribution >= 0.6 is 0 Å². The van der Waals surface area contributed by atoms with Crippen molar-refractivity contribution in [3.63, 3.8) is 0 Å². The van der Waals surface area contributed by atoms with Crippen molar-refractivity contribution in [3.05, 3.63) is 40.3 Å². The van der Waals surface area contributed by atoms with Crippen LogP contribution in [0.5, 0.6) is 5.75 Å². The molecule has 1 aromatic heterocycles. The zero-order chi connectivity index (χ0) is 22.3. The summed E-state index contributed by atoms with van der Waals surface area (Å²) < 4.78 is 33.7. The smallest absolute Gasteiger partial charge is 0.243 e. The Hall–Kier alpha value is -2.23. The van der Waals surface area contributed by atoms with Crippen LogP contribution in [0.1, 0.15) is 40.5 Å². The molecule has 1 fully saturated rings.